The summed E-state index contributed by atoms with van der Waals surface area (Å²) in [7, 11) is 2.15. The van der Waals surface area contributed by atoms with Crippen molar-refractivity contribution in [2.45, 2.75) is 13.8 Å². The molecule has 70 valence electrons. The molecule has 0 fully saturated rings. The maximum Gasteiger partial charge on any atom is 0.0602 e. The highest BCUT2D eigenvalue weighted by atomic mass is 15.2. The van der Waals surface area contributed by atoms with E-state index in [1.165, 1.54) is 22.5 Å². The second kappa shape index (κ2) is 2.95. The lowest BCUT2D eigenvalue weighted by Gasteiger charge is -2.29. The molecule has 0 saturated heterocycles. The summed E-state index contributed by atoms with van der Waals surface area (Å²) in [5.74, 6) is 0. The third-order valence-corrected chi connectivity index (χ3v) is 2.79. The molecule has 13 heavy (non-hydrogen) atoms. The van der Waals surface area contributed by atoms with Gasteiger partial charge in [0, 0.05) is 20.1 Å². The number of hydrogen-bond donors (Lipinski definition) is 1. The summed E-state index contributed by atoms with van der Waals surface area (Å²) in [6, 6.07) is 4.50. The molecule has 0 radical (unpaired) electrons. The number of aryl methyl sites for hydroxylation is 2. The highest BCUT2D eigenvalue weighted by Crippen LogP contribution is 2.30. The fraction of sp³-hybridized carbons (Fsp3) is 0.455. The van der Waals surface area contributed by atoms with Crippen molar-refractivity contribution in [3.63, 3.8) is 0 Å². The Balaban J connectivity index is 2.52. The minimum atomic E-state index is 1.05. The van der Waals surface area contributed by atoms with Crippen molar-refractivity contribution in [2.24, 2.45) is 0 Å². The Morgan fingerprint density at radius 1 is 1.23 bits per heavy atom. The predicted octanol–water partition coefficient (Wildman–Crippen LogP) is 2.17. The Kier molecular flexibility index (Phi) is 1.91. The Morgan fingerprint density at radius 3 is 2.69 bits per heavy atom. The summed E-state index contributed by atoms with van der Waals surface area (Å²) in [4.78, 5) is 2.30. The van der Waals surface area contributed by atoms with Gasteiger partial charge in [0.15, 0.2) is 0 Å². The molecule has 1 N–H and O–H groups in total. The summed E-state index contributed by atoms with van der Waals surface area (Å²) in [5.41, 5.74) is 5.34. The molecule has 0 atom stereocenters. The number of rotatable bonds is 0. The number of benzene rings is 1. The first kappa shape index (κ1) is 8.42. The zero-order chi connectivity index (χ0) is 9.42. The number of fused-ring (bicyclic) bond motifs is 1. The number of nitrogens with one attached hydrogen (secondary N) is 1. The predicted molar refractivity (Wildman–Crippen MR) is 57.7 cm³/mol. The molecule has 1 heterocycles. The van der Waals surface area contributed by atoms with Crippen molar-refractivity contribution in [1.29, 1.82) is 0 Å². The van der Waals surface area contributed by atoms with Crippen LogP contribution in [-0.4, -0.2) is 20.1 Å². The molecular formula is C11H16N2. The molecule has 2 nitrogen and oxygen atoms in total. The monoisotopic (exact) mass is 176 g/mol. The standard InChI is InChI=1S/C11H16N2/c1-8-6-10-11(7-9(8)2)13(3)5-4-12-10/h6-7,12H,4-5H2,1-3H3. The van der Waals surface area contributed by atoms with Crippen LogP contribution in [0.2, 0.25) is 0 Å². The van der Waals surface area contributed by atoms with Crippen LogP contribution in [0.4, 0.5) is 11.4 Å². The van der Waals surface area contributed by atoms with Crippen LogP contribution < -0.4 is 10.2 Å². The fourth-order valence-electron chi connectivity index (χ4n) is 1.74. The summed E-state index contributed by atoms with van der Waals surface area (Å²) in [6.45, 7) is 6.46. The van der Waals surface area contributed by atoms with Crippen LogP contribution in [0.3, 0.4) is 0 Å². The molecule has 0 unspecified atom stereocenters. The average Bonchev–Trinajstić information content (AvgIpc) is 2.09. The second-order valence-electron chi connectivity index (χ2n) is 3.80. The van der Waals surface area contributed by atoms with E-state index in [1.807, 2.05) is 0 Å². The molecule has 2 heteroatoms. The van der Waals surface area contributed by atoms with E-state index in [9.17, 15) is 0 Å². The minimum absolute atomic E-state index is 1.05. The summed E-state index contributed by atoms with van der Waals surface area (Å²) < 4.78 is 0. The molecule has 0 spiro atoms. The van der Waals surface area contributed by atoms with E-state index < -0.39 is 0 Å². The molecular weight excluding hydrogens is 160 g/mol. The van der Waals surface area contributed by atoms with Gasteiger partial charge in [-0.05, 0) is 37.1 Å². The molecule has 1 aromatic rings. The normalized spacial score (nSPS) is 15.2. The van der Waals surface area contributed by atoms with Crippen molar-refractivity contribution < 1.29 is 0 Å². The van der Waals surface area contributed by atoms with Gasteiger partial charge in [0.1, 0.15) is 0 Å². The van der Waals surface area contributed by atoms with E-state index in [4.69, 9.17) is 0 Å². The van der Waals surface area contributed by atoms with E-state index in [0.717, 1.165) is 13.1 Å². The first-order chi connectivity index (χ1) is 6.18. The Morgan fingerprint density at radius 2 is 1.92 bits per heavy atom. The third-order valence-electron chi connectivity index (χ3n) is 2.79. The third kappa shape index (κ3) is 1.37. The van der Waals surface area contributed by atoms with Gasteiger partial charge in [0.25, 0.3) is 0 Å². The van der Waals surface area contributed by atoms with Crippen LogP contribution in [0.15, 0.2) is 12.1 Å². The average molecular weight is 176 g/mol. The van der Waals surface area contributed by atoms with E-state index in [-0.39, 0.29) is 0 Å². The van der Waals surface area contributed by atoms with Gasteiger partial charge >= 0.3 is 0 Å². The van der Waals surface area contributed by atoms with Crippen LogP contribution in [0.25, 0.3) is 0 Å². The largest absolute Gasteiger partial charge is 0.382 e. The molecule has 0 aliphatic carbocycles. The van der Waals surface area contributed by atoms with Crippen molar-refractivity contribution in [3.05, 3.63) is 23.3 Å². The van der Waals surface area contributed by atoms with Crippen molar-refractivity contribution in [3.8, 4) is 0 Å². The van der Waals surface area contributed by atoms with E-state index >= 15 is 0 Å². The molecule has 0 aromatic heterocycles. The van der Waals surface area contributed by atoms with Gasteiger partial charge in [-0.2, -0.15) is 0 Å². The van der Waals surface area contributed by atoms with E-state index in [1.54, 1.807) is 0 Å². The highest BCUT2D eigenvalue weighted by molar-refractivity contribution is 5.73. The number of anilines is 2. The van der Waals surface area contributed by atoms with Crippen LogP contribution in [0, 0.1) is 13.8 Å². The molecule has 1 aliphatic rings. The van der Waals surface area contributed by atoms with E-state index in [0.29, 0.717) is 0 Å². The Labute approximate surface area is 79.6 Å². The summed E-state index contributed by atoms with van der Waals surface area (Å²) >= 11 is 0. The van der Waals surface area contributed by atoms with Gasteiger partial charge in [0.2, 0.25) is 0 Å². The van der Waals surface area contributed by atoms with Gasteiger partial charge < -0.3 is 10.2 Å². The van der Waals surface area contributed by atoms with Gasteiger partial charge in [0.05, 0.1) is 11.4 Å². The lowest BCUT2D eigenvalue weighted by atomic mass is 10.1. The zero-order valence-corrected chi connectivity index (χ0v) is 8.52. The highest BCUT2D eigenvalue weighted by Gasteiger charge is 2.13. The molecule has 0 bridgehead atoms. The van der Waals surface area contributed by atoms with Gasteiger partial charge in [-0.15, -0.1) is 0 Å². The minimum Gasteiger partial charge on any atom is -0.382 e. The van der Waals surface area contributed by atoms with Crippen molar-refractivity contribution >= 4 is 11.4 Å². The first-order valence-electron chi connectivity index (χ1n) is 4.75. The number of hydrogen-bond acceptors (Lipinski definition) is 2. The number of likely N-dealkylation sites (N-methyl/N-ethyl adjacent to an activating group) is 1. The van der Waals surface area contributed by atoms with Gasteiger partial charge in [-0.1, -0.05) is 0 Å². The second-order valence-corrected chi connectivity index (χ2v) is 3.80. The quantitative estimate of drug-likeness (QED) is 0.651. The molecule has 0 amide bonds. The van der Waals surface area contributed by atoms with Gasteiger partial charge in [-0.25, -0.2) is 0 Å². The van der Waals surface area contributed by atoms with Crippen LogP contribution >= 0.6 is 0 Å². The Bertz CT molecular complexity index is 331. The lowest BCUT2D eigenvalue weighted by Crippen LogP contribution is -2.30. The SMILES string of the molecule is Cc1cc2c(cc1C)N(C)CCN2. The summed E-state index contributed by atoms with van der Waals surface area (Å²) in [6.07, 6.45) is 0. The molecule has 2 rings (SSSR count). The van der Waals surface area contributed by atoms with Crippen molar-refractivity contribution in [1.82, 2.24) is 0 Å². The van der Waals surface area contributed by atoms with E-state index in [2.05, 4.69) is 43.2 Å². The number of nitrogens with zero attached hydrogens (tertiary/aromatic N) is 1. The molecule has 1 aliphatic heterocycles. The molecule has 0 saturated carbocycles. The van der Waals surface area contributed by atoms with Crippen molar-refractivity contribution in [2.75, 3.05) is 30.4 Å². The van der Waals surface area contributed by atoms with Crippen LogP contribution in [-0.2, 0) is 0 Å². The maximum atomic E-state index is 3.42. The molecule has 1 aromatic carbocycles. The first-order valence-corrected chi connectivity index (χ1v) is 4.75. The fourth-order valence-corrected chi connectivity index (χ4v) is 1.74. The van der Waals surface area contributed by atoms with Crippen LogP contribution in [0.5, 0.6) is 0 Å². The zero-order valence-electron chi connectivity index (χ0n) is 8.52. The Hall–Kier alpha value is -1.18. The van der Waals surface area contributed by atoms with Gasteiger partial charge in [-0.3, -0.25) is 0 Å². The lowest BCUT2D eigenvalue weighted by molar-refractivity contribution is 0.885. The van der Waals surface area contributed by atoms with Crippen LogP contribution in [0.1, 0.15) is 11.1 Å². The topological polar surface area (TPSA) is 15.3 Å². The maximum absolute atomic E-state index is 3.42. The summed E-state index contributed by atoms with van der Waals surface area (Å²) in [5, 5.41) is 3.42. The smallest absolute Gasteiger partial charge is 0.0602 e.